The molecule has 0 radical (unpaired) electrons. The van der Waals surface area contributed by atoms with Crippen molar-refractivity contribution in [3.63, 3.8) is 0 Å². The van der Waals surface area contributed by atoms with Crippen LogP contribution in [-0.4, -0.2) is 11.5 Å². The van der Waals surface area contributed by atoms with E-state index in [0.29, 0.717) is 5.41 Å². The van der Waals surface area contributed by atoms with Gasteiger partial charge in [0.25, 0.3) is 0 Å². The first-order valence-corrected chi connectivity index (χ1v) is 7.63. The van der Waals surface area contributed by atoms with E-state index in [1.54, 1.807) is 0 Å². The van der Waals surface area contributed by atoms with Crippen LogP contribution in [0.25, 0.3) is 0 Å². The Morgan fingerprint density at radius 3 is 2.65 bits per heavy atom. The van der Waals surface area contributed by atoms with Crippen molar-refractivity contribution in [2.75, 3.05) is 6.54 Å². The lowest BCUT2D eigenvalue weighted by Crippen LogP contribution is -2.27. The summed E-state index contributed by atoms with van der Waals surface area (Å²) in [4.78, 5) is 4.41. The van der Waals surface area contributed by atoms with Crippen molar-refractivity contribution in [1.29, 1.82) is 0 Å². The summed E-state index contributed by atoms with van der Waals surface area (Å²) in [6.07, 6.45) is 4.58. The average molecular weight is 362 g/mol. The van der Waals surface area contributed by atoms with Crippen LogP contribution in [0.15, 0.2) is 21.2 Å². The summed E-state index contributed by atoms with van der Waals surface area (Å²) >= 11 is 6.95. The fraction of sp³-hybridized carbons (Fsp3) is 0.615. The van der Waals surface area contributed by atoms with Gasteiger partial charge in [0.2, 0.25) is 0 Å². The van der Waals surface area contributed by atoms with Crippen LogP contribution in [0.3, 0.4) is 0 Å². The Labute approximate surface area is 120 Å². The Bertz CT molecular complexity index is 400. The molecule has 94 valence electrons. The lowest BCUT2D eigenvalue weighted by Gasteiger charge is -2.20. The van der Waals surface area contributed by atoms with Gasteiger partial charge >= 0.3 is 0 Å². The highest BCUT2D eigenvalue weighted by Crippen LogP contribution is 2.51. The number of hydrogen-bond acceptors (Lipinski definition) is 2. The molecule has 1 aromatic heterocycles. The second-order valence-corrected chi connectivity index (χ2v) is 6.97. The number of rotatable bonds is 5. The van der Waals surface area contributed by atoms with E-state index in [1.165, 1.54) is 12.8 Å². The highest BCUT2D eigenvalue weighted by atomic mass is 79.9. The number of hydrogen-bond donors (Lipinski definition) is 1. The second kappa shape index (κ2) is 5.37. The van der Waals surface area contributed by atoms with E-state index < -0.39 is 0 Å². The van der Waals surface area contributed by atoms with Gasteiger partial charge in [0, 0.05) is 28.2 Å². The van der Waals surface area contributed by atoms with Crippen molar-refractivity contribution < 1.29 is 0 Å². The Morgan fingerprint density at radius 2 is 2.12 bits per heavy atom. The lowest BCUT2D eigenvalue weighted by molar-refractivity contribution is 0.337. The summed E-state index contributed by atoms with van der Waals surface area (Å²) in [6, 6.07) is 2.04. The van der Waals surface area contributed by atoms with Crippen molar-refractivity contribution in [1.82, 2.24) is 10.3 Å². The van der Waals surface area contributed by atoms with E-state index in [1.807, 2.05) is 12.3 Å². The van der Waals surface area contributed by atoms with Gasteiger partial charge in [0.1, 0.15) is 0 Å². The first-order chi connectivity index (χ1) is 8.03. The summed E-state index contributed by atoms with van der Waals surface area (Å²) in [5.74, 6) is 0.774. The monoisotopic (exact) mass is 360 g/mol. The SMILES string of the molecule is CC(C)C1(CNCc2ncc(Br)cc2Br)CC1. The summed E-state index contributed by atoms with van der Waals surface area (Å²) in [5, 5.41) is 3.54. The predicted octanol–water partition coefficient (Wildman–Crippen LogP) is 4.13. The molecule has 17 heavy (non-hydrogen) atoms. The molecule has 0 unspecified atom stereocenters. The quantitative estimate of drug-likeness (QED) is 0.852. The van der Waals surface area contributed by atoms with Gasteiger partial charge in [-0.05, 0) is 62.1 Å². The Hall–Kier alpha value is 0.0700. The third-order valence-electron chi connectivity index (χ3n) is 3.77. The predicted molar refractivity (Wildman–Crippen MR) is 77.8 cm³/mol. The molecule has 1 heterocycles. The van der Waals surface area contributed by atoms with E-state index in [0.717, 1.165) is 33.6 Å². The van der Waals surface area contributed by atoms with E-state index in [9.17, 15) is 0 Å². The Morgan fingerprint density at radius 1 is 1.41 bits per heavy atom. The minimum absolute atomic E-state index is 0.557. The molecule has 0 spiro atoms. The van der Waals surface area contributed by atoms with Crippen LogP contribution in [0.4, 0.5) is 0 Å². The van der Waals surface area contributed by atoms with Crippen LogP contribution in [0.2, 0.25) is 0 Å². The van der Waals surface area contributed by atoms with Gasteiger partial charge in [0.15, 0.2) is 0 Å². The molecule has 1 aliphatic rings. The molecule has 0 atom stereocenters. The molecular weight excluding hydrogens is 344 g/mol. The summed E-state index contributed by atoms with van der Waals surface area (Å²) < 4.78 is 2.07. The normalized spacial score (nSPS) is 17.5. The van der Waals surface area contributed by atoms with Crippen LogP contribution in [0, 0.1) is 11.3 Å². The first kappa shape index (κ1) is 13.5. The molecule has 1 fully saturated rings. The molecule has 1 aromatic rings. The van der Waals surface area contributed by atoms with Gasteiger partial charge < -0.3 is 5.32 Å². The third-order valence-corrected chi connectivity index (χ3v) is 4.89. The minimum atomic E-state index is 0.557. The van der Waals surface area contributed by atoms with Crippen molar-refractivity contribution in [2.24, 2.45) is 11.3 Å². The van der Waals surface area contributed by atoms with Gasteiger partial charge in [-0.25, -0.2) is 0 Å². The number of nitrogens with zero attached hydrogens (tertiary/aromatic N) is 1. The van der Waals surface area contributed by atoms with Crippen LogP contribution in [0.1, 0.15) is 32.4 Å². The first-order valence-electron chi connectivity index (χ1n) is 6.04. The van der Waals surface area contributed by atoms with E-state index in [-0.39, 0.29) is 0 Å². The minimum Gasteiger partial charge on any atom is -0.311 e. The van der Waals surface area contributed by atoms with Crippen LogP contribution >= 0.6 is 31.9 Å². The summed E-state index contributed by atoms with van der Waals surface area (Å²) in [6.45, 7) is 6.59. The van der Waals surface area contributed by atoms with E-state index in [4.69, 9.17) is 0 Å². The molecule has 2 rings (SSSR count). The van der Waals surface area contributed by atoms with Gasteiger partial charge in [0.05, 0.1) is 5.69 Å². The molecule has 0 bridgehead atoms. The molecule has 0 aliphatic heterocycles. The molecule has 1 N–H and O–H groups in total. The topological polar surface area (TPSA) is 24.9 Å². The van der Waals surface area contributed by atoms with Crippen molar-refractivity contribution in [2.45, 2.75) is 33.2 Å². The molecule has 2 nitrogen and oxygen atoms in total. The number of halogens is 2. The standard InChI is InChI=1S/C13H18Br2N2/c1-9(2)13(3-4-13)8-16-7-12-11(15)5-10(14)6-17-12/h5-6,9,16H,3-4,7-8H2,1-2H3. The highest BCUT2D eigenvalue weighted by Gasteiger charge is 2.44. The smallest absolute Gasteiger partial charge is 0.0684 e. The van der Waals surface area contributed by atoms with Crippen molar-refractivity contribution in [3.8, 4) is 0 Å². The van der Waals surface area contributed by atoms with Crippen LogP contribution < -0.4 is 5.32 Å². The second-order valence-electron chi connectivity index (χ2n) is 5.20. The molecule has 0 amide bonds. The molecule has 0 aromatic carbocycles. The summed E-state index contributed by atoms with van der Waals surface area (Å²) in [7, 11) is 0. The number of aromatic nitrogens is 1. The fourth-order valence-electron chi connectivity index (χ4n) is 2.12. The van der Waals surface area contributed by atoms with Crippen molar-refractivity contribution in [3.05, 3.63) is 26.9 Å². The van der Waals surface area contributed by atoms with E-state index in [2.05, 4.69) is 56.0 Å². The maximum Gasteiger partial charge on any atom is 0.0684 e. The highest BCUT2D eigenvalue weighted by molar-refractivity contribution is 9.11. The Balaban J connectivity index is 1.86. The molecule has 4 heteroatoms. The molecule has 0 saturated heterocycles. The third kappa shape index (κ3) is 3.30. The maximum atomic E-state index is 4.41. The molecule has 1 saturated carbocycles. The van der Waals surface area contributed by atoms with Gasteiger partial charge in [-0.15, -0.1) is 0 Å². The zero-order valence-electron chi connectivity index (χ0n) is 10.3. The maximum absolute atomic E-state index is 4.41. The number of nitrogens with one attached hydrogen (secondary N) is 1. The zero-order valence-corrected chi connectivity index (χ0v) is 13.4. The molecule has 1 aliphatic carbocycles. The van der Waals surface area contributed by atoms with Crippen LogP contribution in [0.5, 0.6) is 0 Å². The van der Waals surface area contributed by atoms with Gasteiger partial charge in [-0.3, -0.25) is 4.98 Å². The largest absolute Gasteiger partial charge is 0.311 e. The Kier molecular flexibility index (Phi) is 4.26. The summed E-state index contributed by atoms with van der Waals surface area (Å²) in [5.41, 5.74) is 1.63. The van der Waals surface area contributed by atoms with Crippen LogP contribution in [-0.2, 0) is 6.54 Å². The number of pyridine rings is 1. The zero-order chi connectivity index (χ0) is 12.5. The molecular formula is C13H18Br2N2. The fourth-order valence-corrected chi connectivity index (χ4v) is 3.25. The van der Waals surface area contributed by atoms with Gasteiger partial charge in [-0.2, -0.15) is 0 Å². The van der Waals surface area contributed by atoms with E-state index >= 15 is 0 Å². The van der Waals surface area contributed by atoms with Gasteiger partial charge in [-0.1, -0.05) is 13.8 Å². The van der Waals surface area contributed by atoms with Crippen molar-refractivity contribution >= 4 is 31.9 Å². The average Bonchev–Trinajstić information content (AvgIpc) is 3.02. The lowest BCUT2D eigenvalue weighted by atomic mass is 9.92.